The van der Waals surface area contributed by atoms with E-state index in [1.807, 2.05) is 36.4 Å². The summed E-state index contributed by atoms with van der Waals surface area (Å²) in [6.45, 7) is 3.91. The van der Waals surface area contributed by atoms with Gasteiger partial charge in [-0.15, -0.1) is 0 Å². The van der Waals surface area contributed by atoms with Crippen LogP contribution >= 0.6 is 0 Å². The Balaban J connectivity index is 1.86. The summed E-state index contributed by atoms with van der Waals surface area (Å²) >= 11 is 0. The van der Waals surface area contributed by atoms with Gasteiger partial charge in [-0.1, -0.05) is 48.6 Å². The van der Waals surface area contributed by atoms with Crippen LogP contribution in [0.3, 0.4) is 0 Å². The van der Waals surface area contributed by atoms with Crippen molar-refractivity contribution in [3.8, 4) is 0 Å². The van der Waals surface area contributed by atoms with Crippen LogP contribution in [0.4, 0.5) is 0 Å². The molecule has 4 heteroatoms. The Bertz CT molecular complexity index is 559. The smallest absolute Gasteiger partial charge is 0.310 e. The number of hydrogen-bond acceptors (Lipinski definition) is 3. The lowest BCUT2D eigenvalue weighted by molar-refractivity contribution is -0.155. The molecule has 0 amide bonds. The van der Waals surface area contributed by atoms with E-state index in [2.05, 4.69) is 6.58 Å². The molecule has 1 aromatic carbocycles. The fourth-order valence-corrected chi connectivity index (χ4v) is 2.48. The molecule has 21 heavy (non-hydrogen) atoms. The second-order valence-corrected chi connectivity index (χ2v) is 5.15. The van der Waals surface area contributed by atoms with E-state index < -0.39 is 23.8 Å². The Morgan fingerprint density at radius 2 is 1.90 bits per heavy atom. The van der Waals surface area contributed by atoms with Crippen molar-refractivity contribution in [2.75, 3.05) is 6.61 Å². The Morgan fingerprint density at radius 3 is 2.57 bits per heavy atom. The standard InChI is InChI=1S/C17H18O4/c1-12-10-14(16(18)19)15(11-12)17(20)21-9-5-8-13-6-3-2-4-7-13/h2-8,14-15H,1,9-11H2,(H,18,19)/b8-5+/t14-,15+/m0/s1. The summed E-state index contributed by atoms with van der Waals surface area (Å²) in [6, 6.07) is 9.66. The van der Waals surface area contributed by atoms with Crippen LogP contribution in [-0.4, -0.2) is 23.7 Å². The number of ether oxygens (including phenoxy) is 1. The van der Waals surface area contributed by atoms with Crippen LogP contribution in [0, 0.1) is 11.8 Å². The predicted octanol–water partition coefficient (Wildman–Crippen LogP) is 2.91. The number of benzene rings is 1. The van der Waals surface area contributed by atoms with Crippen LogP contribution in [0.2, 0.25) is 0 Å². The number of esters is 1. The van der Waals surface area contributed by atoms with Crippen molar-refractivity contribution in [1.82, 2.24) is 0 Å². The van der Waals surface area contributed by atoms with E-state index in [-0.39, 0.29) is 6.61 Å². The molecule has 0 radical (unpaired) electrons. The van der Waals surface area contributed by atoms with Crippen LogP contribution in [-0.2, 0) is 14.3 Å². The monoisotopic (exact) mass is 286 g/mol. The zero-order chi connectivity index (χ0) is 15.2. The fourth-order valence-electron chi connectivity index (χ4n) is 2.48. The highest BCUT2D eigenvalue weighted by Gasteiger charge is 2.40. The van der Waals surface area contributed by atoms with Crippen molar-refractivity contribution in [3.63, 3.8) is 0 Å². The first kappa shape index (κ1) is 15.0. The van der Waals surface area contributed by atoms with Crippen LogP contribution in [0.25, 0.3) is 6.08 Å². The van der Waals surface area contributed by atoms with E-state index in [1.54, 1.807) is 6.08 Å². The van der Waals surface area contributed by atoms with Crippen LogP contribution in [0.5, 0.6) is 0 Å². The highest BCUT2D eigenvalue weighted by molar-refractivity contribution is 5.82. The van der Waals surface area contributed by atoms with Crippen LogP contribution in [0.15, 0.2) is 48.6 Å². The van der Waals surface area contributed by atoms with Gasteiger partial charge in [-0.25, -0.2) is 0 Å². The third-order valence-corrected chi connectivity index (χ3v) is 3.55. The van der Waals surface area contributed by atoms with E-state index in [4.69, 9.17) is 9.84 Å². The average molecular weight is 286 g/mol. The Kier molecular flexibility index (Phi) is 4.93. The summed E-state index contributed by atoms with van der Waals surface area (Å²) in [6.07, 6.45) is 4.36. The average Bonchev–Trinajstić information content (AvgIpc) is 2.87. The molecule has 1 aliphatic carbocycles. The lowest BCUT2D eigenvalue weighted by Crippen LogP contribution is -2.26. The molecule has 0 spiro atoms. The number of carbonyl (C=O) groups excluding carboxylic acids is 1. The molecular formula is C17H18O4. The molecule has 2 rings (SSSR count). The van der Waals surface area contributed by atoms with Crippen molar-refractivity contribution in [2.24, 2.45) is 11.8 Å². The van der Waals surface area contributed by atoms with Gasteiger partial charge in [0.05, 0.1) is 11.8 Å². The molecular weight excluding hydrogens is 268 g/mol. The van der Waals surface area contributed by atoms with Gasteiger partial charge in [-0.05, 0) is 24.5 Å². The van der Waals surface area contributed by atoms with E-state index in [9.17, 15) is 9.59 Å². The highest BCUT2D eigenvalue weighted by atomic mass is 16.5. The number of carboxylic acid groups (broad SMARTS) is 1. The van der Waals surface area contributed by atoms with E-state index in [0.29, 0.717) is 12.8 Å². The van der Waals surface area contributed by atoms with E-state index in [1.165, 1.54) is 0 Å². The van der Waals surface area contributed by atoms with Gasteiger partial charge >= 0.3 is 11.9 Å². The van der Waals surface area contributed by atoms with Crippen LogP contribution < -0.4 is 0 Å². The van der Waals surface area contributed by atoms with Crippen LogP contribution in [0.1, 0.15) is 18.4 Å². The normalized spacial score (nSPS) is 21.6. The molecule has 0 saturated heterocycles. The third-order valence-electron chi connectivity index (χ3n) is 3.55. The van der Waals surface area contributed by atoms with Gasteiger partial charge in [0.1, 0.15) is 6.61 Å². The molecule has 1 aromatic rings. The van der Waals surface area contributed by atoms with Gasteiger partial charge in [-0.3, -0.25) is 9.59 Å². The number of carboxylic acids is 1. The van der Waals surface area contributed by atoms with Crippen molar-refractivity contribution in [3.05, 3.63) is 54.1 Å². The maximum atomic E-state index is 12.0. The lowest BCUT2D eigenvalue weighted by Gasteiger charge is -2.13. The van der Waals surface area contributed by atoms with Crippen molar-refractivity contribution >= 4 is 18.0 Å². The summed E-state index contributed by atoms with van der Waals surface area (Å²) in [5.41, 5.74) is 1.82. The van der Waals surface area contributed by atoms with E-state index >= 15 is 0 Å². The number of hydrogen-bond donors (Lipinski definition) is 1. The van der Waals surface area contributed by atoms with Gasteiger partial charge in [0.25, 0.3) is 0 Å². The van der Waals surface area contributed by atoms with Crippen molar-refractivity contribution < 1.29 is 19.4 Å². The van der Waals surface area contributed by atoms with Crippen molar-refractivity contribution in [1.29, 1.82) is 0 Å². The molecule has 0 aliphatic heterocycles. The Morgan fingerprint density at radius 1 is 1.24 bits per heavy atom. The van der Waals surface area contributed by atoms with Gasteiger partial charge in [0.15, 0.2) is 0 Å². The number of allylic oxidation sites excluding steroid dienone is 1. The number of carbonyl (C=O) groups is 2. The molecule has 1 saturated carbocycles. The number of aliphatic carboxylic acids is 1. The van der Waals surface area contributed by atoms with E-state index in [0.717, 1.165) is 11.1 Å². The Labute approximate surface area is 123 Å². The molecule has 1 aliphatic rings. The Hall–Kier alpha value is -2.36. The molecule has 4 nitrogen and oxygen atoms in total. The topological polar surface area (TPSA) is 63.6 Å². The molecule has 0 aromatic heterocycles. The maximum absolute atomic E-state index is 12.0. The minimum absolute atomic E-state index is 0.142. The summed E-state index contributed by atoms with van der Waals surface area (Å²) in [4.78, 5) is 23.1. The molecule has 1 N–H and O–H groups in total. The van der Waals surface area contributed by atoms with Gasteiger partial charge in [0.2, 0.25) is 0 Å². The predicted molar refractivity (Wildman–Crippen MR) is 79.4 cm³/mol. The first-order valence-corrected chi connectivity index (χ1v) is 6.85. The second kappa shape index (κ2) is 6.88. The van der Waals surface area contributed by atoms with Gasteiger partial charge in [0, 0.05) is 0 Å². The maximum Gasteiger partial charge on any atom is 0.310 e. The fraction of sp³-hybridized carbons (Fsp3) is 0.294. The SMILES string of the molecule is C=C1C[C@H](C(=O)O)[C@H](C(=O)OC/C=C/c2ccccc2)C1. The number of rotatable bonds is 5. The molecule has 0 unspecified atom stereocenters. The molecule has 0 bridgehead atoms. The lowest BCUT2D eigenvalue weighted by atomic mass is 9.96. The first-order valence-electron chi connectivity index (χ1n) is 6.85. The summed E-state index contributed by atoms with van der Waals surface area (Å²) < 4.78 is 5.15. The zero-order valence-electron chi connectivity index (χ0n) is 11.7. The molecule has 1 fully saturated rings. The molecule has 110 valence electrons. The third kappa shape index (κ3) is 4.05. The summed E-state index contributed by atoms with van der Waals surface area (Å²) in [5.74, 6) is -2.74. The highest BCUT2D eigenvalue weighted by Crippen LogP contribution is 2.36. The summed E-state index contributed by atoms with van der Waals surface area (Å²) in [7, 11) is 0. The second-order valence-electron chi connectivity index (χ2n) is 5.15. The zero-order valence-corrected chi connectivity index (χ0v) is 11.7. The largest absolute Gasteiger partial charge is 0.481 e. The minimum atomic E-state index is -0.963. The molecule has 2 atom stereocenters. The molecule has 0 heterocycles. The first-order chi connectivity index (χ1) is 10.1. The van der Waals surface area contributed by atoms with Gasteiger partial charge < -0.3 is 9.84 Å². The summed E-state index contributed by atoms with van der Waals surface area (Å²) in [5, 5.41) is 9.11. The quantitative estimate of drug-likeness (QED) is 0.667. The van der Waals surface area contributed by atoms with Gasteiger partial charge in [-0.2, -0.15) is 0 Å². The van der Waals surface area contributed by atoms with Crippen molar-refractivity contribution in [2.45, 2.75) is 12.8 Å². The minimum Gasteiger partial charge on any atom is -0.481 e.